The van der Waals surface area contributed by atoms with Crippen molar-refractivity contribution < 1.29 is 34.1 Å². The smallest absolute Gasteiger partial charge is 0.255 e. The first-order chi connectivity index (χ1) is 19.2. The number of aliphatic hydroxyl groups excluding tert-OH is 2. The molecule has 0 saturated carbocycles. The number of carbonyl (C=O) groups is 3. The first-order valence-electron chi connectivity index (χ1n) is 13.5. The van der Waals surface area contributed by atoms with Crippen LogP contribution >= 0.6 is 0 Å². The van der Waals surface area contributed by atoms with E-state index in [1.54, 1.807) is 6.07 Å². The van der Waals surface area contributed by atoms with Gasteiger partial charge in [-0.25, -0.2) is 0 Å². The maximum absolute atomic E-state index is 13.7. The second kappa shape index (κ2) is 9.86. The molecule has 0 fully saturated rings. The molecule has 0 radical (unpaired) electrons. The van der Waals surface area contributed by atoms with E-state index in [1.807, 2.05) is 30.3 Å². The van der Waals surface area contributed by atoms with Gasteiger partial charge in [-0.2, -0.15) is 0 Å². The van der Waals surface area contributed by atoms with E-state index in [0.717, 1.165) is 25.0 Å². The Labute approximate surface area is 230 Å². The number of carbonyl (C=O) groups excluding carboxylic acids is 3. The van der Waals surface area contributed by atoms with Gasteiger partial charge in [-0.05, 0) is 72.9 Å². The third-order valence-electron chi connectivity index (χ3n) is 8.43. The van der Waals surface area contributed by atoms with Crippen molar-refractivity contribution in [1.29, 1.82) is 0 Å². The maximum atomic E-state index is 13.7. The van der Waals surface area contributed by atoms with Crippen LogP contribution in [-0.2, 0) is 28.9 Å². The molecular weight excluding hydrogens is 510 g/mol. The molecule has 0 bridgehead atoms. The van der Waals surface area contributed by atoms with E-state index in [4.69, 9.17) is 10.2 Å². The van der Waals surface area contributed by atoms with Crippen molar-refractivity contribution in [3.63, 3.8) is 0 Å². The van der Waals surface area contributed by atoms with Crippen molar-refractivity contribution >= 4 is 17.5 Å². The normalized spacial score (nSPS) is 22.1. The van der Waals surface area contributed by atoms with Crippen molar-refractivity contribution in [3.8, 4) is 17.1 Å². The Balaban J connectivity index is 1.31. The minimum absolute atomic E-state index is 0.000982. The van der Waals surface area contributed by atoms with E-state index in [-0.39, 0.29) is 29.1 Å². The molecule has 0 aliphatic heterocycles. The summed E-state index contributed by atoms with van der Waals surface area (Å²) < 4.78 is 6.17. The summed E-state index contributed by atoms with van der Waals surface area (Å²) in [6.45, 7) is 0. The number of Topliss-reactive ketones (excluding diaryl/α,β-unsaturated/α-hetero) is 2. The number of primary amides is 1. The molecule has 1 aromatic heterocycles. The lowest BCUT2D eigenvalue weighted by Crippen LogP contribution is -2.43. The number of furan rings is 1. The molecule has 5 N–H and O–H groups in total. The van der Waals surface area contributed by atoms with Crippen LogP contribution in [0.15, 0.2) is 81.7 Å². The van der Waals surface area contributed by atoms with Gasteiger partial charge in [-0.3, -0.25) is 14.4 Å². The average molecular weight is 540 g/mol. The van der Waals surface area contributed by atoms with Gasteiger partial charge < -0.3 is 25.5 Å². The van der Waals surface area contributed by atoms with Crippen LogP contribution in [-0.4, -0.2) is 32.8 Å². The van der Waals surface area contributed by atoms with Gasteiger partial charge in [0.25, 0.3) is 5.91 Å². The molecule has 3 unspecified atom stereocenters. The zero-order chi connectivity index (χ0) is 28.1. The Morgan fingerprint density at radius 2 is 1.73 bits per heavy atom. The molecule has 1 amide bonds. The fourth-order valence-corrected chi connectivity index (χ4v) is 6.64. The lowest BCUT2D eigenvalue weighted by Gasteiger charge is -2.41. The number of phenols is 1. The highest BCUT2D eigenvalue weighted by Gasteiger charge is 2.50. The third kappa shape index (κ3) is 4.20. The number of aromatic hydroxyl groups is 1. The lowest BCUT2D eigenvalue weighted by molar-refractivity contribution is -0.126. The summed E-state index contributed by atoms with van der Waals surface area (Å²) in [4.78, 5) is 38.5. The van der Waals surface area contributed by atoms with Crippen LogP contribution < -0.4 is 5.73 Å². The fraction of sp³-hybridized carbons (Fsp3) is 0.281. The molecule has 40 heavy (non-hydrogen) atoms. The molecule has 204 valence electrons. The Morgan fingerprint density at radius 3 is 2.48 bits per heavy atom. The van der Waals surface area contributed by atoms with Crippen molar-refractivity contribution in [1.82, 2.24) is 0 Å². The van der Waals surface area contributed by atoms with Crippen molar-refractivity contribution in [2.75, 3.05) is 0 Å². The Hall–Kier alpha value is -4.59. The molecule has 0 saturated heterocycles. The molecule has 6 rings (SSSR count). The number of allylic oxidation sites excluding steroid dienone is 3. The highest BCUT2D eigenvalue weighted by molar-refractivity contribution is 6.22. The lowest BCUT2D eigenvalue weighted by atomic mass is 9.62. The molecule has 8 heteroatoms. The number of aryl methyl sites for hydroxylation is 2. The Kier molecular flexibility index (Phi) is 6.33. The van der Waals surface area contributed by atoms with Crippen molar-refractivity contribution in [2.45, 2.75) is 38.5 Å². The highest BCUT2D eigenvalue weighted by Crippen LogP contribution is 2.50. The summed E-state index contributed by atoms with van der Waals surface area (Å²) in [5, 5.41) is 32.2. The number of aliphatic hydroxyl groups is 2. The van der Waals surface area contributed by atoms with E-state index in [9.17, 15) is 29.7 Å². The van der Waals surface area contributed by atoms with Crippen LogP contribution in [0.2, 0.25) is 0 Å². The molecule has 3 atom stereocenters. The molecular formula is C32H29NO7. The molecule has 0 spiro atoms. The number of ketones is 2. The van der Waals surface area contributed by atoms with Crippen LogP contribution in [0.4, 0.5) is 0 Å². The maximum Gasteiger partial charge on any atom is 0.255 e. The minimum Gasteiger partial charge on any atom is -0.511 e. The van der Waals surface area contributed by atoms with Crippen LogP contribution in [0.25, 0.3) is 11.3 Å². The number of nitrogens with two attached hydrogens (primary N) is 1. The predicted molar refractivity (Wildman–Crippen MR) is 146 cm³/mol. The van der Waals surface area contributed by atoms with Gasteiger partial charge in [0.05, 0.1) is 11.5 Å². The number of hydrogen-bond donors (Lipinski definition) is 4. The fourth-order valence-electron chi connectivity index (χ4n) is 6.64. The molecule has 3 aliphatic rings. The topological polar surface area (TPSA) is 151 Å². The van der Waals surface area contributed by atoms with E-state index >= 15 is 0 Å². The number of fused-ring (bicyclic) bond motifs is 3. The number of phenolic OH excluding ortho intramolecular Hbond substituents is 1. The van der Waals surface area contributed by atoms with Crippen LogP contribution in [0.5, 0.6) is 5.75 Å². The standard InChI is InChI=1S/C32H29NO7/c33-32(39)28-23(35)15-18-13-17-14-21-20(24-12-9-19(40-24)8-4-7-16-5-2-1-3-6-16)10-11-22(34)27(21)30(37)25(17)29(36)26(18)31(28)38/h1-3,5-6,9-12,17-18,26,34-36H,4,7-8,13-15H2,(H2,33,39). The summed E-state index contributed by atoms with van der Waals surface area (Å²) in [5.74, 6) is -4.06. The number of hydrogen-bond acceptors (Lipinski definition) is 7. The first-order valence-corrected chi connectivity index (χ1v) is 13.5. The summed E-state index contributed by atoms with van der Waals surface area (Å²) in [5.41, 5.74) is 7.49. The molecule has 1 heterocycles. The third-order valence-corrected chi connectivity index (χ3v) is 8.43. The highest BCUT2D eigenvalue weighted by atomic mass is 16.3. The zero-order valence-electron chi connectivity index (χ0n) is 21.7. The first kappa shape index (κ1) is 25.7. The van der Waals surface area contributed by atoms with Gasteiger partial charge >= 0.3 is 0 Å². The Morgan fingerprint density at radius 1 is 0.950 bits per heavy atom. The second-order valence-electron chi connectivity index (χ2n) is 10.8. The summed E-state index contributed by atoms with van der Waals surface area (Å²) >= 11 is 0. The van der Waals surface area contributed by atoms with Gasteiger partial charge in [0.1, 0.15) is 34.4 Å². The van der Waals surface area contributed by atoms with E-state index < -0.39 is 46.6 Å². The monoisotopic (exact) mass is 539 g/mol. The number of benzene rings is 2. The van der Waals surface area contributed by atoms with Gasteiger partial charge in [-0.1, -0.05) is 30.3 Å². The number of rotatable bonds is 6. The molecule has 8 nitrogen and oxygen atoms in total. The summed E-state index contributed by atoms with van der Waals surface area (Å²) in [7, 11) is 0. The largest absolute Gasteiger partial charge is 0.511 e. The van der Waals surface area contributed by atoms with Crippen molar-refractivity contribution in [2.24, 2.45) is 23.5 Å². The SMILES string of the molecule is NC(=O)C1=C(O)CC2CC3Cc4c(-c5ccc(CCCc6ccccc6)o5)ccc(O)c4C(=O)C3=C(O)C2C1=O. The van der Waals surface area contributed by atoms with E-state index in [0.29, 0.717) is 29.7 Å². The van der Waals surface area contributed by atoms with Crippen LogP contribution in [0.3, 0.4) is 0 Å². The summed E-state index contributed by atoms with van der Waals surface area (Å²) in [6, 6.07) is 17.2. The second-order valence-corrected chi connectivity index (χ2v) is 10.8. The van der Waals surface area contributed by atoms with E-state index in [1.165, 1.54) is 11.6 Å². The van der Waals surface area contributed by atoms with Crippen LogP contribution in [0.1, 0.15) is 46.5 Å². The molecule has 3 aromatic rings. The van der Waals surface area contributed by atoms with Crippen LogP contribution in [0, 0.1) is 17.8 Å². The Bertz CT molecular complexity index is 1610. The minimum atomic E-state index is -1.14. The van der Waals surface area contributed by atoms with Gasteiger partial charge in [-0.15, -0.1) is 0 Å². The average Bonchev–Trinajstić information content (AvgIpc) is 3.37. The number of amides is 1. The summed E-state index contributed by atoms with van der Waals surface area (Å²) in [6.07, 6.45) is 3.27. The molecule has 3 aliphatic carbocycles. The van der Waals surface area contributed by atoms with E-state index in [2.05, 4.69) is 12.1 Å². The van der Waals surface area contributed by atoms with Gasteiger partial charge in [0.15, 0.2) is 11.6 Å². The van der Waals surface area contributed by atoms with Gasteiger partial charge in [0, 0.05) is 24.0 Å². The van der Waals surface area contributed by atoms with Gasteiger partial charge in [0.2, 0.25) is 0 Å². The predicted octanol–water partition coefficient (Wildman–Crippen LogP) is 4.90. The zero-order valence-corrected chi connectivity index (χ0v) is 21.7. The quantitative estimate of drug-likeness (QED) is 0.325. The van der Waals surface area contributed by atoms with Crippen molar-refractivity contribution in [3.05, 3.63) is 99.7 Å². The molecule has 2 aromatic carbocycles.